The quantitative estimate of drug-likeness (QED) is 0.423. The molecule has 9 heteroatoms. The van der Waals surface area contributed by atoms with Gasteiger partial charge in [0.25, 0.3) is 0 Å². The number of hydrogen-bond donors (Lipinski definition) is 3. The normalized spacial score (nSPS) is 23.6. The average Bonchev–Trinajstić information content (AvgIpc) is 3.22. The van der Waals surface area contributed by atoms with Gasteiger partial charge < -0.3 is 16.0 Å². The van der Waals surface area contributed by atoms with E-state index in [1.807, 2.05) is 25.6 Å². The molecule has 1 aromatic rings. The monoisotopic (exact) mass is 443 g/mol. The van der Waals surface area contributed by atoms with Crippen molar-refractivity contribution in [2.45, 2.75) is 68.5 Å². The van der Waals surface area contributed by atoms with Crippen molar-refractivity contribution in [3.63, 3.8) is 0 Å². The fraction of sp³-hybridized carbons (Fsp3) is 0.619. The largest absolute Gasteiger partial charge is 0.416 e. The van der Waals surface area contributed by atoms with Crippen LogP contribution in [0.2, 0.25) is 0 Å². The van der Waals surface area contributed by atoms with Gasteiger partial charge in [0.05, 0.1) is 17.6 Å². The number of amides is 3. The maximum Gasteiger partial charge on any atom is 0.416 e. The minimum atomic E-state index is -4.38. The zero-order valence-corrected chi connectivity index (χ0v) is 18.0. The third-order valence-electron chi connectivity index (χ3n) is 5.78. The number of halogens is 3. The molecular weight excluding hydrogens is 415 g/mol. The number of rotatable bonds is 8. The molecule has 2 aliphatic heterocycles. The lowest BCUT2D eigenvalue weighted by molar-refractivity contribution is -0.137. The number of carbonyl (C=O) groups excluding carboxylic acids is 2. The second-order valence-corrected chi connectivity index (χ2v) is 9.88. The van der Waals surface area contributed by atoms with E-state index in [0.29, 0.717) is 17.2 Å². The number of fused-ring (bicyclic) bond motifs is 1. The Balaban J connectivity index is 1.39. The van der Waals surface area contributed by atoms with Crippen LogP contribution in [0.15, 0.2) is 24.3 Å². The van der Waals surface area contributed by atoms with Crippen molar-refractivity contribution < 1.29 is 22.8 Å². The van der Waals surface area contributed by atoms with Crippen molar-refractivity contribution in [2.75, 3.05) is 12.3 Å². The molecule has 0 bridgehead atoms. The van der Waals surface area contributed by atoms with Gasteiger partial charge in [-0.15, -0.1) is 0 Å². The van der Waals surface area contributed by atoms with Gasteiger partial charge in [-0.3, -0.25) is 4.79 Å². The summed E-state index contributed by atoms with van der Waals surface area (Å²) >= 11 is 1.85. The molecule has 5 nitrogen and oxygen atoms in total. The first-order chi connectivity index (χ1) is 14.1. The van der Waals surface area contributed by atoms with Gasteiger partial charge >= 0.3 is 12.2 Å². The SMILES string of the molecule is CC(C)(CNC(=O)CCCC[C@@H]1SC[C@@H]2NC(=O)N[C@@H]21)c1cccc(C(F)(F)F)c1. The Bertz CT molecular complexity index is 785. The lowest BCUT2D eigenvalue weighted by Crippen LogP contribution is -2.37. The number of alkyl halides is 3. The Morgan fingerprint density at radius 3 is 2.67 bits per heavy atom. The minimum Gasteiger partial charge on any atom is -0.355 e. The van der Waals surface area contributed by atoms with E-state index in [9.17, 15) is 22.8 Å². The highest BCUT2D eigenvalue weighted by molar-refractivity contribution is 8.00. The summed E-state index contributed by atoms with van der Waals surface area (Å²) < 4.78 is 38.9. The highest BCUT2D eigenvalue weighted by Crippen LogP contribution is 2.34. The van der Waals surface area contributed by atoms with Gasteiger partial charge in [-0.25, -0.2) is 4.79 Å². The molecule has 2 saturated heterocycles. The average molecular weight is 444 g/mol. The Kier molecular flexibility index (Phi) is 6.89. The smallest absolute Gasteiger partial charge is 0.355 e. The predicted octanol–water partition coefficient (Wildman–Crippen LogP) is 3.83. The molecule has 2 fully saturated rings. The highest BCUT2D eigenvalue weighted by Gasteiger charge is 2.42. The molecule has 3 N–H and O–H groups in total. The second-order valence-electron chi connectivity index (χ2n) is 8.61. The predicted molar refractivity (Wildman–Crippen MR) is 111 cm³/mol. The number of benzene rings is 1. The molecule has 0 aromatic heterocycles. The van der Waals surface area contributed by atoms with E-state index >= 15 is 0 Å². The molecule has 0 saturated carbocycles. The summed E-state index contributed by atoms with van der Waals surface area (Å²) in [5.41, 5.74) is -0.752. The Hall–Kier alpha value is -1.90. The van der Waals surface area contributed by atoms with Crippen LogP contribution in [0.4, 0.5) is 18.0 Å². The molecular formula is C21H28F3N3O2S. The van der Waals surface area contributed by atoms with Crippen molar-refractivity contribution in [2.24, 2.45) is 0 Å². The summed E-state index contributed by atoms with van der Waals surface area (Å²) in [6.45, 7) is 3.91. The van der Waals surface area contributed by atoms with E-state index in [4.69, 9.17) is 0 Å². The van der Waals surface area contributed by atoms with Crippen LogP contribution < -0.4 is 16.0 Å². The summed E-state index contributed by atoms with van der Waals surface area (Å²) in [5, 5.41) is 9.10. The summed E-state index contributed by atoms with van der Waals surface area (Å²) in [7, 11) is 0. The van der Waals surface area contributed by atoms with Crippen molar-refractivity contribution in [1.29, 1.82) is 0 Å². The van der Waals surface area contributed by atoms with Gasteiger partial charge in [-0.1, -0.05) is 38.5 Å². The van der Waals surface area contributed by atoms with Gasteiger partial charge in [0.1, 0.15) is 0 Å². The topological polar surface area (TPSA) is 70.2 Å². The van der Waals surface area contributed by atoms with E-state index in [0.717, 1.165) is 37.1 Å². The van der Waals surface area contributed by atoms with Crippen molar-refractivity contribution >= 4 is 23.7 Å². The molecule has 3 amide bonds. The van der Waals surface area contributed by atoms with Crippen LogP contribution in [-0.4, -0.2) is 41.6 Å². The first-order valence-electron chi connectivity index (χ1n) is 10.2. The number of carbonyl (C=O) groups is 2. The van der Waals surface area contributed by atoms with E-state index in [-0.39, 0.29) is 30.6 Å². The lowest BCUT2D eigenvalue weighted by atomic mass is 9.83. The van der Waals surface area contributed by atoms with E-state index in [1.54, 1.807) is 6.07 Å². The number of hydrogen-bond acceptors (Lipinski definition) is 3. The number of unbranched alkanes of at least 4 members (excludes halogenated alkanes) is 1. The van der Waals surface area contributed by atoms with Crippen LogP contribution in [0.25, 0.3) is 0 Å². The fourth-order valence-corrected chi connectivity index (χ4v) is 5.44. The maximum absolute atomic E-state index is 13.0. The maximum atomic E-state index is 13.0. The third-order valence-corrected chi connectivity index (χ3v) is 7.29. The van der Waals surface area contributed by atoms with Gasteiger partial charge in [-0.2, -0.15) is 24.9 Å². The third kappa shape index (κ3) is 5.62. The van der Waals surface area contributed by atoms with Crippen LogP contribution in [0.5, 0.6) is 0 Å². The molecule has 2 aliphatic rings. The van der Waals surface area contributed by atoms with Gasteiger partial charge in [0.2, 0.25) is 5.91 Å². The van der Waals surface area contributed by atoms with E-state index in [1.165, 1.54) is 6.07 Å². The zero-order chi connectivity index (χ0) is 21.9. The van der Waals surface area contributed by atoms with Crippen LogP contribution in [0.1, 0.15) is 50.7 Å². The summed E-state index contributed by atoms with van der Waals surface area (Å²) in [5.74, 6) is 0.821. The summed E-state index contributed by atoms with van der Waals surface area (Å²) in [6, 6.07) is 5.53. The molecule has 30 heavy (non-hydrogen) atoms. The lowest BCUT2D eigenvalue weighted by Gasteiger charge is -2.26. The molecule has 0 aliphatic carbocycles. The first-order valence-corrected chi connectivity index (χ1v) is 11.2. The van der Waals surface area contributed by atoms with Crippen LogP contribution in [0, 0.1) is 0 Å². The van der Waals surface area contributed by atoms with E-state index in [2.05, 4.69) is 16.0 Å². The number of thioether (sulfide) groups is 1. The zero-order valence-electron chi connectivity index (χ0n) is 17.1. The standard InChI is InChI=1S/C21H28F3N3O2S/c1-20(2,13-6-5-7-14(10-13)21(22,23)24)12-25-17(28)9-4-3-8-16-18-15(11-30-16)26-19(29)27-18/h5-7,10,15-16,18H,3-4,8-9,11-12H2,1-2H3,(H,25,28)(H2,26,27,29)/t15-,16-,18-/m0/s1. The van der Waals surface area contributed by atoms with Crippen molar-refractivity contribution in [3.05, 3.63) is 35.4 Å². The first kappa shape index (κ1) is 22.8. The van der Waals surface area contributed by atoms with Crippen LogP contribution >= 0.6 is 11.8 Å². The molecule has 0 unspecified atom stereocenters. The summed E-state index contributed by atoms with van der Waals surface area (Å²) in [4.78, 5) is 23.6. The fourth-order valence-electron chi connectivity index (χ4n) is 3.90. The molecule has 0 radical (unpaired) electrons. The molecule has 3 rings (SSSR count). The van der Waals surface area contributed by atoms with Gasteiger partial charge in [-0.05, 0) is 24.5 Å². The molecule has 166 valence electrons. The highest BCUT2D eigenvalue weighted by atomic mass is 32.2. The van der Waals surface area contributed by atoms with Crippen LogP contribution in [0.3, 0.4) is 0 Å². The molecule has 2 heterocycles. The molecule has 1 aromatic carbocycles. The Labute approximate surface area is 178 Å². The van der Waals surface area contributed by atoms with Gasteiger partial charge in [0, 0.05) is 29.4 Å². The number of urea groups is 1. The second kappa shape index (κ2) is 9.08. The minimum absolute atomic E-state index is 0.0946. The Morgan fingerprint density at radius 2 is 1.93 bits per heavy atom. The molecule has 0 spiro atoms. The Morgan fingerprint density at radius 1 is 1.20 bits per heavy atom. The summed E-state index contributed by atoms with van der Waals surface area (Å²) in [6.07, 6.45) is -1.43. The van der Waals surface area contributed by atoms with Crippen LogP contribution in [-0.2, 0) is 16.4 Å². The van der Waals surface area contributed by atoms with Gasteiger partial charge in [0.15, 0.2) is 0 Å². The van der Waals surface area contributed by atoms with E-state index < -0.39 is 17.2 Å². The van der Waals surface area contributed by atoms with Crippen molar-refractivity contribution in [1.82, 2.24) is 16.0 Å². The van der Waals surface area contributed by atoms with Crippen molar-refractivity contribution in [3.8, 4) is 0 Å². The number of nitrogens with one attached hydrogen (secondary N) is 3. The molecule has 3 atom stereocenters.